The van der Waals surface area contributed by atoms with Gasteiger partial charge in [0.15, 0.2) is 0 Å². The first-order valence-corrected chi connectivity index (χ1v) is 6.88. The largest absolute Gasteiger partial charge is 0.497 e. The molecule has 3 nitrogen and oxygen atoms in total. The average Bonchev–Trinajstić information content (AvgIpc) is 2.46. The molecule has 0 saturated carbocycles. The molecule has 4 heteroatoms. The maximum absolute atomic E-state index is 5.79. The Morgan fingerprint density at radius 1 is 1.26 bits per heavy atom. The van der Waals surface area contributed by atoms with Crippen molar-refractivity contribution in [2.24, 2.45) is 0 Å². The molecule has 1 aliphatic rings. The van der Waals surface area contributed by atoms with Crippen molar-refractivity contribution in [1.29, 1.82) is 0 Å². The summed E-state index contributed by atoms with van der Waals surface area (Å²) in [7, 11) is 1.68. The summed E-state index contributed by atoms with van der Waals surface area (Å²) in [5, 5.41) is 3.49. The van der Waals surface area contributed by atoms with Crippen LogP contribution in [0.3, 0.4) is 0 Å². The van der Waals surface area contributed by atoms with Crippen molar-refractivity contribution >= 4 is 21.6 Å². The Hall–Kier alpha value is -1.68. The molecule has 0 saturated heterocycles. The molecule has 0 bridgehead atoms. The first kappa shape index (κ1) is 12.4. The van der Waals surface area contributed by atoms with Gasteiger partial charge in [-0.1, -0.05) is 28.1 Å². The Labute approximate surface area is 120 Å². The normalized spacial score (nSPS) is 17.1. The maximum atomic E-state index is 5.79. The molecule has 1 unspecified atom stereocenters. The molecule has 0 aromatic heterocycles. The SMILES string of the molecule is COc1cccc(C2COc3ccc(Br)cc3N2)c1. The van der Waals surface area contributed by atoms with Crippen molar-refractivity contribution in [3.05, 3.63) is 52.5 Å². The lowest BCUT2D eigenvalue weighted by molar-refractivity contribution is 0.286. The zero-order valence-corrected chi connectivity index (χ0v) is 12.1. The standard InChI is InChI=1S/C15H14BrNO2/c1-18-12-4-2-3-10(7-12)14-9-19-15-6-5-11(16)8-13(15)17-14/h2-8,14,17H,9H2,1H3. The van der Waals surface area contributed by atoms with E-state index in [9.17, 15) is 0 Å². The summed E-state index contributed by atoms with van der Waals surface area (Å²) in [5.41, 5.74) is 2.17. The van der Waals surface area contributed by atoms with Gasteiger partial charge in [0.05, 0.1) is 18.8 Å². The Kier molecular flexibility index (Phi) is 3.34. The van der Waals surface area contributed by atoms with Crippen LogP contribution in [0.5, 0.6) is 11.5 Å². The van der Waals surface area contributed by atoms with Crippen LogP contribution in [0.25, 0.3) is 0 Å². The highest BCUT2D eigenvalue weighted by molar-refractivity contribution is 9.10. The van der Waals surface area contributed by atoms with Crippen LogP contribution in [0.1, 0.15) is 11.6 Å². The Bertz CT molecular complexity index is 600. The minimum Gasteiger partial charge on any atom is -0.497 e. The summed E-state index contributed by atoms with van der Waals surface area (Å²) in [6.07, 6.45) is 0. The summed E-state index contributed by atoms with van der Waals surface area (Å²) in [5.74, 6) is 1.75. The molecule has 19 heavy (non-hydrogen) atoms. The van der Waals surface area contributed by atoms with Crippen molar-refractivity contribution < 1.29 is 9.47 Å². The van der Waals surface area contributed by atoms with E-state index in [0.29, 0.717) is 6.61 Å². The number of halogens is 1. The molecule has 0 radical (unpaired) electrons. The highest BCUT2D eigenvalue weighted by Crippen LogP contribution is 2.36. The number of methoxy groups -OCH3 is 1. The molecule has 2 aromatic carbocycles. The zero-order chi connectivity index (χ0) is 13.2. The molecule has 98 valence electrons. The Morgan fingerprint density at radius 3 is 3.00 bits per heavy atom. The third-order valence-corrected chi connectivity index (χ3v) is 3.67. The lowest BCUT2D eigenvalue weighted by atomic mass is 10.1. The summed E-state index contributed by atoms with van der Waals surface area (Å²) in [6, 6.07) is 14.2. The number of rotatable bonds is 2. The van der Waals surface area contributed by atoms with Crippen LogP contribution in [-0.2, 0) is 0 Å². The molecule has 1 atom stereocenters. The summed E-state index contributed by atoms with van der Waals surface area (Å²) < 4.78 is 12.1. The monoisotopic (exact) mass is 319 g/mol. The molecule has 0 spiro atoms. The lowest BCUT2D eigenvalue weighted by Crippen LogP contribution is -2.23. The van der Waals surface area contributed by atoms with E-state index in [1.54, 1.807) is 7.11 Å². The summed E-state index contributed by atoms with van der Waals surface area (Å²) in [6.45, 7) is 0.613. The Morgan fingerprint density at radius 2 is 2.16 bits per heavy atom. The van der Waals surface area contributed by atoms with E-state index in [-0.39, 0.29) is 6.04 Å². The molecular formula is C15H14BrNO2. The van der Waals surface area contributed by atoms with Gasteiger partial charge in [-0.3, -0.25) is 0 Å². The number of nitrogens with one attached hydrogen (secondary N) is 1. The van der Waals surface area contributed by atoms with Crippen LogP contribution >= 0.6 is 15.9 Å². The van der Waals surface area contributed by atoms with E-state index in [0.717, 1.165) is 27.2 Å². The van der Waals surface area contributed by atoms with Gasteiger partial charge < -0.3 is 14.8 Å². The number of fused-ring (bicyclic) bond motifs is 1. The van der Waals surface area contributed by atoms with Gasteiger partial charge in [0, 0.05) is 4.47 Å². The van der Waals surface area contributed by atoms with Crippen LogP contribution in [0.15, 0.2) is 46.9 Å². The van der Waals surface area contributed by atoms with Crippen molar-refractivity contribution in [3.8, 4) is 11.5 Å². The number of hydrogen-bond acceptors (Lipinski definition) is 3. The van der Waals surface area contributed by atoms with E-state index in [1.165, 1.54) is 0 Å². The first-order valence-electron chi connectivity index (χ1n) is 6.09. The minimum atomic E-state index is 0.136. The lowest BCUT2D eigenvalue weighted by Gasteiger charge is -2.28. The molecule has 3 rings (SSSR count). The fourth-order valence-corrected chi connectivity index (χ4v) is 2.54. The van der Waals surface area contributed by atoms with E-state index >= 15 is 0 Å². The number of benzene rings is 2. The van der Waals surface area contributed by atoms with Gasteiger partial charge in [-0.05, 0) is 35.9 Å². The van der Waals surface area contributed by atoms with Crippen LogP contribution in [0.2, 0.25) is 0 Å². The third-order valence-electron chi connectivity index (χ3n) is 3.17. The molecular weight excluding hydrogens is 306 g/mol. The molecule has 0 aliphatic carbocycles. The molecule has 0 amide bonds. The summed E-state index contributed by atoms with van der Waals surface area (Å²) in [4.78, 5) is 0. The molecule has 1 heterocycles. The second kappa shape index (κ2) is 5.13. The fourth-order valence-electron chi connectivity index (χ4n) is 2.18. The average molecular weight is 320 g/mol. The van der Waals surface area contributed by atoms with Gasteiger partial charge in [0.1, 0.15) is 18.1 Å². The van der Waals surface area contributed by atoms with Crippen molar-refractivity contribution in [2.45, 2.75) is 6.04 Å². The van der Waals surface area contributed by atoms with Gasteiger partial charge in [-0.2, -0.15) is 0 Å². The quantitative estimate of drug-likeness (QED) is 0.907. The second-order valence-corrected chi connectivity index (χ2v) is 5.34. The zero-order valence-electron chi connectivity index (χ0n) is 10.5. The van der Waals surface area contributed by atoms with Gasteiger partial charge in [0.2, 0.25) is 0 Å². The van der Waals surface area contributed by atoms with Gasteiger partial charge in [-0.25, -0.2) is 0 Å². The van der Waals surface area contributed by atoms with Crippen LogP contribution in [-0.4, -0.2) is 13.7 Å². The highest BCUT2D eigenvalue weighted by atomic mass is 79.9. The predicted molar refractivity (Wildman–Crippen MR) is 79.0 cm³/mol. The van der Waals surface area contributed by atoms with E-state index in [2.05, 4.69) is 27.3 Å². The topological polar surface area (TPSA) is 30.5 Å². The molecule has 0 fully saturated rings. The van der Waals surface area contributed by atoms with E-state index in [1.807, 2.05) is 36.4 Å². The van der Waals surface area contributed by atoms with Crippen LogP contribution < -0.4 is 14.8 Å². The third kappa shape index (κ3) is 2.54. The second-order valence-electron chi connectivity index (χ2n) is 4.43. The minimum absolute atomic E-state index is 0.136. The van der Waals surface area contributed by atoms with Gasteiger partial charge >= 0.3 is 0 Å². The van der Waals surface area contributed by atoms with Gasteiger partial charge in [0.25, 0.3) is 0 Å². The predicted octanol–water partition coefficient (Wildman–Crippen LogP) is 4.00. The van der Waals surface area contributed by atoms with Crippen molar-refractivity contribution in [1.82, 2.24) is 0 Å². The van der Waals surface area contributed by atoms with E-state index in [4.69, 9.17) is 9.47 Å². The van der Waals surface area contributed by atoms with Gasteiger partial charge in [-0.15, -0.1) is 0 Å². The smallest absolute Gasteiger partial charge is 0.142 e. The number of anilines is 1. The van der Waals surface area contributed by atoms with Crippen molar-refractivity contribution in [2.75, 3.05) is 19.0 Å². The number of ether oxygens (including phenoxy) is 2. The van der Waals surface area contributed by atoms with E-state index < -0.39 is 0 Å². The molecule has 1 aliphatic heterocycles. The fraction of sp³-hybridized carbons (Fsp3) is 0.200. The first-order chi connectivity index (χ1) is 9.26. The van der Waals surface area contributed by atoms with Crippen LogP contribution in [0, 0.1) is 0 Å². The number of hydrogen-bond donors (Lipinski definition) is 1. The maximum Gasteiger partial charge on any atom is 0.142 e. The van der Waals surface area contributed by atoms with Crippen LogP contribution in [0.4, 0.5) is 5.69 Å². The highest BCUT2D eigenvalue weighted by Gasteiger charge is 2.20. The molecule has 2 aromatic rings. The molecule has 1 N–H and O–H groups in total. The van der Waals surface area contributed by atoms with Crippen molar-refractivity contribution in [3.63, 3.8) is 0 Å². The Balaban J connectivity index is 1.88. The summed E-state index contributed by atoms with van der Waals surface area (Å²) >= 11 is 3.47.